The number of hydrogen-bond donors (Lipinski definition) is 1. The van der Waals surface area contributed by atoms with E-state index in [1.165, 1.54) is 5.69 Å². The third-order valence-corrected chi connectivity index (χ3v) is 7.63. The molecule has 3 aromatic rings. The lowest BCUT2D eigenvalue weighted by Crippen LogP contribution is -2.47. The second kappa shape index (κ2) is 10.5. The van der Waals surface area contributed by atoms with Gasteiger partial charge in [0.25, 0.3) is 5.56 Å². The van der Waals surface area contributed by atoms with Crippen molar-refractivity contribution in [2.45, 2.75) is 46.2 Å². The zero-order valence-electron chi connectivity index (χ0n) is 19.7. The fourth-order valence-corrected chi connectivity index (χ4v) is 5.30. The van der Waals surface area contributed by atoms with E-state index in [1.807, 2.05) is 13.8 Å². The molecule has 2 aromatic heterocycles. The monoisotopic (exact) mass is 467 g/mol. The van der Waals surface area contributed by atoms with Crippen molar-refractivity contribution in [1.29, 1.82) is 0 Å². The van der Waals surface area contributed by atoms with Gasteiger partial charge in [0.1, 0.15) is 4.83 Å². The summed E-state index contributed by atoms with van der Waals surface area (Å²) in [6.45, 7) is 11.5. The molecular formula is C25H33N5O2S. The fourth-order valence-electron chi connectivity index (χ4n) is 4.32. The summed E-state index contributed by atoms with van der Waals surface area (Å²) in [5, 5.41) is 3.77. The number of para-hydroxylation sites is 1. The molecule has 0 bridgehead atoms. The molecule has 1 saturated heterocycles. The highest BCUT2D eigenvalue weighted by molar-refractivity contribution is 7.18. The summed E-state index contributed by atoms with van der Waals surface area (Å²) >= 11 is 1.54. The van der Waals surface area contributed by atoms with Crippen LogP contribution in [0, 0.1) is 13.8 Å². The molecule has 0 saturated carbocycles. The predicted molar refractivity (Wildman–Crippen MR) is 135 cm³/mol. The van der Waals surface area contributed by atoms with Crippen molar-refractivity contribution < 1.29 is 4.79 Å². The Hall–Kier alpha value is -2.71. The zero-order chi connectivity index (χ0) is 23.4. The van der Waals surface area contributed by atoms with Gasteiger partial charge < -0.3 is 10.2 Å². The van der Waals surface area contributed by atoms with Crippen LogP contribution in [-0.2, 0) is 11.3 Å². The Bertz CT molecular complexity index is 1150. The molecule has 8 heteroatoms. The molecule has 1 atom stereocenters. The molecule has 1 aliphatic rings. The summed E-state index contributed by atoms with van der Waals surface area (Å²) in [5.74, 6) is -0.0263. The van der Waals surface area contributed by atoms with Crippen LogP contribution < -0.4 is 15.8 Å². The van der Waals surface area contributed by atoms with Crippen LogP contribution in [0.1, 0.15) is 30.2 Å². The first-order valence-electron chi connectivity index (χ1n) is 11.7. The molecule has 0 aliphatic carbocycles. The van der Waals surface area contributed by atoms with E-state index in [0.29, 0.717) is 11.9 Å². The van der Waals surface area contributed by atoms with E-state index in [-0.39, 0.29) is 23.9 Å². The number of aryl methyl sites for hydroxylation is 3. The first-order chi connectivity index (χ1) is 15.9. The summed E-state index contributed by atoms with van der Waals surface area (Å²) < 4.78 is 1.55. The van der Waals surface area contributed by atoms with Crippen molar-refractivity contribution in [2.75, 3.05) is 37.6 Å². The number of benzene rings is 1. The van der Waals surface area contributed by atoms with Gasteiger partial charge in [0, 0.05) is 62.3 Å². The van der Waals surface area contributed by atoms with Gasteiger partial charge in [0.15, 0.2) is 0 Å². The molecule has 0 unspecified atom stereocenters. The SMILES string of the molecule is Cc1sc2ncn(CCC(=O)N[C@@H](C)CCN3CCN(c4ccccc4)CC3)c(=O)c2c1C. The summed E-state index contributed by atoms with van der Waals surface area (Å²) in [5.41, 5.74) is 2.22. The largest absolute Gasteiger partial charge is 0.369 e. The average molecular weight is 468 g/mol. The van der Waals surface area contributed by atoms with Crippen molar-refractivity contribution in [3.8, 4) is 0 Å². The Labute approximate surface area is 199 Å². The van der Waals surface area contributed by atoms with E-state index in [9.17, 15) is 9.59 Å². The number of thiophene rings is 1. The highest BCUT2D eigenvalue weighted by atomic mass is 32.1. The Morgan fingerprint density at radius 3 is 2.58 bits per heavy atom. The molecule has 1 fully saturated rings. The van der Waals surface area contributed by atoms with Crippen LogP contribution in [0.15, 0.2) is 41.5 Å². The Kier molecular flexibility index (Phi) is 7.45. The minimum Gasteiger partial charge on any atom is -0.369 e. The minimum absolute atomic E-state index is 0.0263. The lowest BCUT2D eigenvalue weighted by molar-refractivity contribution is -0.122. The maximum absolute atomic E-state index is 12.8. The van der Waals surface area contributed by atoms with Gasteiger partial charge in [-0.05, 0) is 44.9 Å². The minimum atomic E-state index is -0.0580. The smallest absolute Gasteiger partial charge is 0.262 e. The van der Waals surface area contributed by atoms with Crippen LogP contribution in [0.5, 0.6) is 0 Å². The van der Waals surface area contributed by atoms with Crippen molar-refractivity contribution in [3.63, 3.8) is 0 Å². The van der Waals surface area contributed by atoms with Gasteiger partial charge in [-0.15, -0.1) is 11.3 Å². The number of aromatic nitrogens is 2. The highest BCUT2D eigenvalue weighted by Crippen LogP contribution is 2.25. The molecule has 1 N–H and O–H groups in total. The van der Waals surface area contributed by atoms with Crippen LogP contribution in [0.2, 0.25) is 0 Å². The van der Waals surface area contributed by atoms with Crippen LogP contribution in [0.25, 0.3) is 10.2 Å². The summed E-state index contributed by atoms with van der Waals surface area (Å²) in [6.07, 6.45) is 2.75. The lowest BCUT2D eigenvalue weighted by atomic mass is 10.2. The molecule has 33 heavy (non-hydrogen) atoms. The molecule has 1 aromatic carbocycles. The molecule has 0 spiro atoms. The number of amides is 1. The Morgan fingerprint density at radius 1 is 1.12 bits per heavy atom. The van der Waals surface area contributed by atoms with Gasteiger partial charge in [-0.1, -0.05) is 18.2 Å². The summed E-state index contributed by atoms with van der Waals surface area (Å²) in [6, 6.07) is 10.6. The zero-order valence-corrected chi connectivity index (χ0v) is 20.5. The second-order valence-corrected chi connectivity index (χ2v) is 10.1. The van der Waals surface area contributed by atoms with Gasteiger partial charge in [0.05, 0.1) is 11.7 Å². The number of rotatable bonds is 8. The van der Waals surface area contributed by atoms with Gasteiger partial charge >= 0.3 is 0 Å². The van der Waals surface area contributed by atoms with Crippen molar-refractivity contribution in [1.82, 2.24) is 19.8 Å². The van der Waals surface area contributed by atoms with E-state index >= 15 is 0 Å². The number of fused-ring (bicyclic) bond motifs is 1. The Morgan fingerprint density at radius 2 is 1.85 bits per heavy atom. The maximum Gasteiger partial charge on any atom is 0.262 e. The normalized spacial score (nSPS) is 15.7. The van der Waals surface area contributed by atoms with Gasteiger partial charge in [-0.25, -0.2) is 4.98 Å². The van der Waals surface area contributed by atoms with Gasteiger partial charge in [-0.2, -0.15) is 0 Å². The molecule has 1 amide bonds. The number of anilines is 1. The summed E-state index contributed by atoms with van der Waals surface area (Å²) in [4.78, 5) is 36.4. The fraction of sp³-hybridized carbons (Fsp3) is 0.480. The maximum atomic E-state index is 12.8. The standard InChI is InChI=1S/C25H33N5O2S/c1-18(9-11-28-13-15-29(16-14-28)21-7-5-4-6-8-21)27-22(31)10-12-30-17-26-24-23(25(30)32)19(2)20(3)33-24/h4-8,17-18H,9-16H2,1-3H3,(H,27,31)/t18-/m0/s1. The van der Waals surface area contributed by atoms with E-state index < -0.39 is 0 Å². The third kappa shape index (κ3) is 5.62. The quantitative estimate of drug-likeness (QED) is 0.551. The Balaban J connectivity index is 1.20. The molecule has 1 aliphatic heterocycles. The number of hydrogen-bond acceptors (Lipinski definition) is 6. The van der Waals surface area contributed by atoms with E-state index in [2.05, 4.69) is 57.4 Å². The average Bonchev–Trinajstić information content (AvgIpc) is 3.12. The highest BCUT2D eigenvalue weighted by Gasteiger charge is 2.18. The summed E-state index contributed by atoms with van der Waals surface area (Å²) in [7, 11) is 0. The number of carbonyl (C=O) groups is 1. The van der Waals surface area contributed by atoms with Crippen LogP contribution in [-0.4, -0.2) is 59.1 Å². The van der Waals surface area contributed by atoms with Gasteiger partial charge in [0.2, 0.25) is 5.91 Å². The van der Waals surface area contributed by atoms with Crippen LogP contribution >= 0.6 is 11.3 Å². The van der Waals surface area contributed by atoms with Crippen LogP contribution in [0.3, 0.4) is 0 Å². The van der Waals surface area contributed by atoms with E-state index in [4.69, 9.17) is 0 Å². The number of carbonyl (C=O) groups excluding carboxylic acids is 1. The predicted octanol–water partition coefficient (Wildman–Crippen LogP) is 3.18. The second-order valence-electron chi connectivity index (χ2n) is 8.88. The number of nitrogens with zero attached hydrogens (tertiary/aromatic N) is 4. The number of nitrogens with one attached hydrogen (secondary N) is 1. The van der Waals surface area contributed by atoms with Crippen molar-refractivity contribution in [3.05, 3.63) is 57.5 Å². The number of piperazine rings is 1. The molecule has 4 rings (SSSR count). The van der Waals surface area contributed by atoms with Crippen LogP contribution in [0.4, 0.5) is 5.69 Å². The molecule has 7 nitrogen and oxygen atoms in total. The molecule has 176 valence electrons. The first-order valence-corrected chi connectivity index (χ1v) is 12.5. The lowest BCUT2D eigenvalue weighted by Gasteiger charge is -2.36. The molecule has 0 radical (unpaired) electrons. The molecular weight excluding hydrogens is 434 g/mol. The third-order valence-electron chi connectivity index (χ3n) is 6.51. The van der Waals surface area contributed by atoms with E-state index in [0.717, 1.165) is 54.4 Å². The van der Waals surface area contributed by atoms with E-state index in [1.54, 1.807) is 22.2 Å². The molecule has 3 heterocycles. The van der Waals surface area contributed by atoms with Crippen molar-refractivity contribution in [2.24, 2.45) is 0 Å². The van der Waals surface area contributed by atoms with Gasteiger partial charge in [-0.3, -0.25) is 19.1 Å². The topological polar surface area (TPSA) is 70.5 Å². The first kappa shape index (κ1) is 23.4. The van der Waals surface area contributed by atoms with Crippen molar-refractivity contribution >= 4 is 33.1 Å².